The molecule has 3 nitrogen and oxygen atoms in total. The minimum Gasteiger partial charge on any atom is -0.384 e. The van der Waals surface area contributed by atoms with Crippen LogP contribution < -0.4 is 0 Å². The Morgan fingerprint density at radius 1 is 1.15 bits per heavy atom. The molecule has 0 amide bonds. The highest BCUT2D eigenvalue weighted by atomic mass is 32.2. The second kappa shape index (κ2) is 4.57. The van der Waals surface area contributed by atoms with E-state index in [1.54, 1.807) is 0 Å². The lowest BCUT2D eigenvalue weighted by atomic mass is 9.88. The largest absolute Gasteiger partial charge is 0.384 e. The van der Waals surface area contributed by atoms with Crippen LogP contribution in [0, 0.1) is 0 Å². The maximum atomic E-state index is 12.0. The van der Waals surface area contributed by atoms with Crippen molar-refractivity contribution in [1.82, 2.24) is 0 Å². The third kappa shape index (κ3) is 2.03. The fraction of sp³-hybridized carbons (Fsp3) is 0.375. The Hall–Kier alpha value is -1.39. The summed E-state index contributed by atoms with van der Waals surface area (Å²) in [6.07, 6.45) is 2.98. The maximum Gasteiger partial charge on any atom is 0.153 e. The van der Waals surface area contributed by atoms with Crippen molar-refractivity contribution in [3.8, 4) is 0 Å². The molecule has 0 radical (unpaired) electrons. The molecule has 0 aliphatic heterocycles. The van der Waals surface area contributed by atoms with Crippen molar-refractivity contribution < 1.29 is 13.5 Å². The van der Waals surface area contributed by atoms with Crippen LogP contribution >= 0.6 is 0 Å². The molecular formula is C16H18O3S. The first-order chi connectivity index (χ1) is 9.43. The quantitative estimate of drug-likeness (QED) is 0.925. The Morgan fingerprint density at radius 2 is 1.85 bits per heavy atom. The molecule has 4 heteroatoms. The number of hydrogen-bond acceptors (Lipinski definition) is 3. The number of fused-ring (bicyclic) bond motifs is 1. The van der Waals surface area contributed by atoms with Gasteiger partial charge in [0.1, 0.15) is 5.60 Å². The SMILES string of the molecule is CS(=O)(=O)C1CCCC1(O)c1cccc2ccccc12. The van der Waals surface area contributed by atoms with E-state index >= 15 is 0 Å². The van der Waals surface area contributed by atoms with Gasteiger partial charge in [-0.05, 0) is 35.6 Å². The summed E-state index contributed by atoms with van der Waals surface area (Å²) in [7, 11) is -3.28. The number of benzene rings is 2. The molecular weight excluding hydrogens is 272 g/mol. The molecule has 2 aromatic carbocycles. The Bertz CT molecular complexity index is 746. The molecule has 1 fully saturated rings. The number of sulfone groups is 1. The predicted molar refractivity (Wildman–Crippen MR) is 80.3 cm³/mol. The Balaban J connectivity index is 2.24. The topological polar surface area (TPSA) is 54.4 Å². The highest BCUT2D eigenvalue weighted by Gasteiger charge is 2.48. The maximum absolute atomic E-state index is 12.0. The molecule has 1 aliphatic carbocycles. The normalized spacial score (nSPS) is 27.0. The van der Waals surface area contributed by atoms with Crippen molar-refractivity contribution in [2.24, 2.45) is 0 Å². The van der Waals surface area contributed by atoms with Crippen molar-refractivity contribution >= 4 is 20.6 Å². The lowest BCUT2D eigenvalue weighted by Crippen LogP contribution is -2.39. The molecule has 2 unspecified atom stereocenters. The minimum absolute atomic E-state index is 0.499. The number of aliphatic hydroxyl groups is 1. The zero-order valence-corrected chi connectivity index (χ0v) is 12.2. The summed E-state index contributed by atoms with van der Waals surface area (Å²) in [5.74, 6) is 0. The van der Waals surface area contributed by atoms with Crippen molar-refractivity contribution in [2.75, 3.05) is 6.26 Å². The summed E-state index contributed by atoms with van der Waals surface area (Å²) in [6, 6.07) is 13.5. The molecule has 0 bridgehead atoms. The lowest BCUT2D eigenvalue weighted by Gasteiger charge is -2.30. The first-order valence-electron chi connectivity index (χ1n) is 6.82. The summed E-state index contributed by atoms with van der Waals surface area (Å²) in [5, 5.41) is 12.3. The highest BCUT2D eigenvalue weighted by Crippen LogP contribution is 2.44. The molecule has 0 saturated heterocycles. The fourth-order valence-corrected chi connectivity index (χ4v) is 4.98. The molecule has 1 N–H and O–H groups in total. The summed E-state index contributed by atoms with van der Waals surface area (Å²) >= 11 is 0. The molecule has 1 saturated carbocycles. The lowest BCUT2D eigenvalue weighted by molar-refractivity contribution is 0.0492. The van der Waals surface area contributed by atoms with Crippen molar-refractivity contribution in [2.45, 2.75) is 30.1 Å². The van der Waals surface area contributed by atoms with E-state index in [4.69, 9.17) is 0 Å². The van der Waals surface area contributed by atoms with Gasteiger partial charge in [0, 0.05) is 6.26 Å². The van der Waals surface area contributed by atoms with Gasteiger partial charge in [0.25, 0.3) is 0 Å². The van der Waals surface area contributed by atoms with Gasteiger partial charge < -0.3 is 5.11 Å². The smallest absolute Gasteiger partial charge is 0.153 e. The molecule has 2 atom stereocenters. The van der Waals surface area contributed by atoms with Gasteiger partial charge in [-0.1, -0.05) is 42.5 Å². The van der Waals surface area contributed by atoms with Crippen LogP contribution in [0.4, 0.5) is 0 Å². The predicted octanol–water partition coefficient (Wildman–Crippen LogP) is 2.62. The van der Waals surface area contributed by atoms with E-state index in [1.165, 1.54) is 6.26 Å². The molecule has 0 aromatic heterocycles. The third-order valence-electron chi connectivity index (χ3n) is 4.33. The van der Waals surface area contributed by atoms with Crippen LogP contribution in [0.25, 0.3) is 10.8 Å². The third-order valence-corrected chi connectivity index (χ3v) is 5.99. The van der Waals surface area contributed by atoms with E-state index in [0.29, 0.717) is 12.8 Å². The van der Waals surface area contributed by atoms with Gasteiger partial charge in [0.05, 0.1) is 5.25 Å². The monoisotopic (exact) mass is 290 g/mol. The summed E-state index contributed by atoms with van der Waals surface area (Å²) in [5.41, 5.74) is -0.530. The van der Waals surface area contributed by atoms with Gasteiger partial charge in [0.15, 0.2) is 9.84 Å². The van der Waals surface area contributed by atoms with Crippen molar-refractivity contribution in [1.29, 1.82) is 0 Å². The van der Waals surface area contributed by atoms with E-state index in [9.17, 15) is 13.5 Å². The fourth-order valence-electron chi connectivity index (χ4n) is 3.44. The van der Waals surface area contributed by atoms with Crippen LogP contribution in [0.1, 0.15) is 24.8 Å². The van der Waals surface area contributed by atoms with Crippen LogP contribution in [0.3, 0.4) is 0 Å². The zero-order chi connectivity index (χ0) is 14.4. The Morgan fingerprint density at radius 3 is 2.60 bits per heavy atom. The van der Waals surface area contributed by atoms with Crippen molar-refractivity contribution in [3.63, 3.8) is 0 Å². The second-order valence-corrected chi connectivity index (χ2v) is 7.89. The van der Waals surface area contributed by atoms with Gasteiger partial charge in [-0.15, -0.1) is 0 Å². The van der Waals surface area contributed by atoms with Crippen LogP contribution in [-0.4, -0.2) is 25.0 Å². The molecule has 106 valence electrons. The van der Waals surface area contributed by atoms with Crippen LogP contribution in [0.15, 0.2) is 42.5 Å². The number of rotatable bonds is 2. The van der Waals surface area contributed by atoms with Crippen LogP contribution in [0.2, 0.25) is 0 Å². The van der Waals surface area contributed by atoms with E-state index in [0.717, 1.165) is 22.8 Å². The van der Waals surface area contributed by atoms with Crippen LogP contribution in [0.5, 0.6) is 0 Å². The first-order valence-corrected chi connectivity index (χ1v) is 8.78. The van der Waals surface area contributed by atoms with Crippen LogP contribution in [-0.2, 0) is 15.4 Å². The molecule has 2 aromatic rings. The average Bonchev–Trinajstić information content (AvgIpc) is 2.81. The molecule has 0 spiro atoms. The van der Waals surface area contributed by atoms with Gasteiger partial charge in [-0.2, -0.15) is 0 Å². The van der Waals surface area contributed by atoms with E-state index in [1.807, 2.05) is 42.5 Å². The second-order valence-electron chi connectivity index (χ2n) is 5.66. The zero-order valence-electron chi connectivity index (χ0n) is 11.4. The van der Waals surface area contributed by atoms with Crippen molar-refractivity contribution in [3.05, 3.63) is 48.0 Å². The number of hydrogen-bond donors (Lipinski definition) is 1. The molecule has 0 heterocycles. The molecule has 3 rings (SSSR count). The van der Waals surface area contributed by atoms with E-state index in [-0.39, 0.29) is 0 Å². The summed E-state index contributed by atoms with van der Waals surface area (Å²) in [6.45, 7) is 0. The molecule has 20 heavy (non-hydrogen) atoms. The Labute approximate surface area is 119 Å². The van der Waals surface area contributed by atoms with Gasteiger partial charge in [-0.25, -0.2) is 8.42 Å². The minimum atomic E-state index is -3.28. The van der Waals surface area contributed by atoms with E-state index in [2.05, 4.69) is 0 Å². The molecule has 1 aliphatic rings. The highest BCUT2D eigenvalue weighted by molar-refractivity contribution is 7.91. The van der Waals surface area contributed by atoms with E-state index < -0.39 is 20.7 Å². The van der Waals surface area contributed by atoms with Gasteiger partial charge in [0.2, 0.25) is 0 Å². The average molecular weight is 290 g/mol. The Kier molecular flexibility index (Phi) is 3.10. The van der Waals surface area contributed by atoms with Gasteiger partial charge >= 0.3 is 0 Å². The summed E-state index contributed by atoms with van der Waals surface area (Å²) < 4.78 is 24.0. The van der Waals surface area contributed by atoms with Gasteiger partial charge in [-0.3, -0.25) is 0 Å². The standard InChI is InChI=1S/C16H18O3S/c1-20(18,19)15-10-5-11-16(15,17)14-9-4-7-12-6-2-3-8-13(12)14/h2-4,6-9,15,17H,5,10-11H2,1H3. The summed E-state index contributed by atoms with van der Waals surface area (Å²) in [4.78, 5) is 0. The first kappa shape index (κ1) is 13.6.